The fourth-order valence-electron chi connectivity index (χ4n) is 5.00. The van der Waals surface area contributed by atoms with E-state index in [9.17, 15) is 31.9 Å². The molecule has 0 bridgehead atoms. The lowest BCUT2D eigenvalue weighted by atomic mass is 9.78. The van der Waals surface area contributed by atoms with E-state index in [4.69, 9.17) is 0 Å². The SMILES string of the molecule is C[C@@H](n1c(=O)n(-c2cc(OC(C)(F)F)ccc2F)c2cc(F)c(C(=O)CC3(C)CCS(=O)(=O)CC3)cc21)C(C)(C)O. The molecular formula is C28H32F4N2O6S. The van der Waals surface area contributed by atoms with Gasteiger partial charge in [0.05, 0.1) is 45.4 Å². The van der Waals surface area contributed by atoms with Gasteiger partial charge in [-0.3, -0.25) is 13.9 Å². The van der Waals surface area contributed by atoms with Crippen LogP contribution in [0.2, 0.25) is 0 Å². The molecule has 1 aliphatic rings. The molecule has 1 saturated heterocycles. The number of carbonyl (C=O) groups excluding carboxylic acids is 1. The molecule has 1 fully saturated rings. The molecule has 2 aromatic carbocycles. The summed E-state index contributed by atoms with van der Waals surface area (Å²) in [5.74, 6) is -3.23. The highest BCUT2D eigenvalue weighted by molar-refractivity contribution is 7.91. The Kier molecular flexibility index (Phi) is 7.70. The third kappa shape index (κ3) is 6.35. The lowest BCUT2D eigenvalue weighted by Crippen LogP contribution is -2.37. The van der Waals surface area contributed by atoms with Crippen LogP contribution in [0.4, 0.5) is 17.6 Å². The van der Waals surface area contributed by atoms with Gasteiger partial charge in [0, 0.05) is 25.5 Å². The van der Waals surface area contributed by atoms with Crippen molar-refractivity contribution in [1.82, 2.24) is 9.13 Å². The summed E-state index contributed by atoms with van der Waals surface area (Å²) in [6, 6.07) is 3.72. The monoisotopic (exact) mass is 600 g/mol. The Hall–Kier alpha value is -3.19. The molecule has 1 atom stereocenters. The molecule has 1 N–H and O–H groups in total. The van der Waals surface area contributed by atoms with Crippen molar-refractivity contribution < 1.29 is 40.6 Å². The van der Waals surface area contributed by atoms with Crippen LogP contribution in [-0.4, -0.2) is 51.7 Å². The number of halogens is 4. The summed E-state index contributed by atoms with van der Waals surface area (Å²) < 4.78 is 87.7. The summed E-state index contributed by atoms with van der Waals surface area (Å²) >= 11 is 0. The first-order valence-electron chi connectivity index (χ1n) is 13.0. The van der Waals surface area contributed by atoms with Gasteiger partial charge in [-0.25, -0.2) is 22.0 Å². The van der Waals surface area contributed by atoms with Crippen LogP contribution in [0.3, 0.4) is 0 Å². The second-order valence-electron chi connectivity index (χ2n) is 11.7. The van der Waals surface area contributed by atoms with Crippen LogP contribution in [0, 0.1) is 17.0 Å². The molecule has 13 heteroatoms. The second-order valence-corrected chi connectivity index (χ2v) is 14.0. The Morgan fingerprint density at radius 2 is 1.68 bits per heavy atom. The minimum atomic E-state index is -3.61. The van der Waals surface area contributed by atoms with Gasteiger partial charge in [0.15, 0.2) is 5.78 Å². The second kappa shape index (κ2) is 10.3. The summed E-state index contributed by atoms with van der Waals surface area (Å²) in [7, 11) is -3.20. The molecule has 4 rings (SSSR count). The van der Waals surface area contributed by atoms with Crippen LogP contribution in [-0.2, 0) is 9.84 Å². The van der Waals surface area contributed by atoms with E-state index in [1.807, 2.05) is 0 Å². The summed E-state index contributed by atoms with van der Waals surface area (Å²) in [4.78, 5) is 27.1. The Balaban J connectivity index is 1.90. The number of hydrogen-bond donors (Lipinski definition) is 1. The van der Waals surface area contributed by atoms with Gasteiger partial charge in [-0.05, 0) is 57.2 Å². The Labute approximate surface area is 234 Å². The smallest absolute Gasteiger partial charge is 0.394 e. The molecule has 8 nitrogen and oxygen atoms in total. The van der Waals surface area contributed by atoms with Crippen molar-refractivity contribution in [2.45, 2.75) is 71.6 Å². The normalized spacial score (nSPS) is 17.9. The topological polar surface area (TPSA) is 108 Å². The Morgan fingerprint density at radius 1 is 1.07 bits per heavy atom. The van der Waals surface area contributed by atoms with Crippen LogP contribution in [0.5, 0.6) is 5.75 Å². The van der Waals surface area contributed by atoms with Crippen LogP contribution < -0.4 is 10.4 Å². The molecule has 0 radical (unpaired) electrons. The van der Waals surface area contributed by atoms with Gasteiger partial charge < -0.3 is 9.84 Å². The molecule has 224 valence electrons. The maximum absolute atomic E-state index is 15.5. The number of alkyl halides is 2. The number of fused-ring (bicyclic) bond motifs is 1. The minimum absolute atomic E-state index is 0.00251. The zero-order chi connectivity index (χ0) is 30.7. The van der Waals surface area contributed by atoms with Gasteiger partial charge in [-0.15, -0.1) is 0 Å². The van der Waals surface area contributed by atoms with Crippen LogP contribution in [0.15, 0.2) is 35.1 Å². The van der Waals surface area contributed by atoms with Gasteiger partial charge in [-0.1, -0.05) is 6.92 Å². The van der Waals surface area contributed by atoms with Crippen molar-refractivity contribution in [1.29, 1.82) is 0 Å². The lowest BCUT2D eigenvalue weighted by molar-refractivity contribution is -0.158. The molecule has 0 spiro atoms. The number of aliphatic hydroxyl groups is 1. The van der Waals surface area contributed by atoms with Gasteiger partial charge >= 0.3 is 11.8 Å². The molecule has 0 unspecified atom stereocenters. The number of imidazole rings is 1. The third-order valence-electron chi connectivity index (χ3n) is 7.75. The molecule has 0 saturated carbocycles. The van der Waals surface area contributed by atoms with E-state index in [1.165, 1.54) is 20.8 Å². The first-order chi connectivity index (χ1) is 18.7. The van der Waals surface area contributed by atoms with Crippen molar-refractivity contribution in [2.75, 3.05) is 11.5 Å². The van der Waals surface area contributed by atoms with E-state index in [0.717, 1.165) is 39.5 Å². The maximum Gasteiger partial charge on any atom is 0.394 e. The van der Waals surface area contributed by atoms with Crippen LogP contribution >= 0.6 is 0 Å². The molecule has 41 heavy (non-hydrogen) atoms. The number of Topliss-reactive ketones (excluding diaryl/α,β-unsaturated/α-hetero) is 1. The van der Waals surface area contributed by atoms with E-state index in [1.54, 1.807) is 6.92 Å². The first-order valence-corrected chi connectivity index (χ1v) is 14.8. The molecular weight excluding hydrogens is 568 g/mol. The maximum atomic E-state index is 15.5. The van der Waals surface area contributed by atoms with E-state index in [0.29, 0.717) is 6.92 Å². The van der Waals surface area contributed by atoms with E-state index < -0.39 is 67.5 Å². The number of aromatic nitrogens is 2. The predicted octanol–water partition coefficient (Wildman–Crippen LogP) is 5.18. The number of ketones is 1. The Bertz CT molecular complexity index is 1670. The highest BCUT2D eigenvalue weighted by atomic mass is 32.2. The van der Waals surface area contributed by atoms with Gasteiger partial charge in [0.2, 0.25) is 0 Å². The van der Waals surface area contributed by atoms with Crippen molar-refractivity contribution in [3.8, 4) is 11.4 Å². The largest absolute Gasteiger partial charge is 0.433 e. The molecule has 0 aliphatic carbocycles. The summed E-state index contributed by atoms with van der Waals surface area (Å²) in [5.41, 5.74) is -4.13. The summed E-state index contributed by atoms with van der Waals surface area (Å²) in [5, 5.41) is 10.7. The minimum Gasteiger partial charge on any atom is -0.433 e. The zero-order valence-electron chi connectivity index (χ0n) is 23.3. The Morgan fingerprint density at radius 3 is 2.24 bits per heavy atom. The quantitative estimate of drug-likeness (QED) is 0.282. The molecule has 3 aromatic rings. The number of rotatable bonds is 8. The summed E-state index contributed by atoms with van der Waals surface area (Å²) in [6.45, 7) is 6.61. The highest BCUT2D eigenvalue weighted by Gasteiger charge is 2.37. The number of nitrogens with zero attached hydrogens (tertiary/aromatic N) is 2. The average molecular weight is 601 g/mol. The number of carbonyl (C=O) groups is 1. The van der Waals surface area contributed by atoms with Gasteiger partial charge in [0.1, 0.15) is 27.2 Å². The average Bonchev–Trinajstić information content (AvgIpc) is 3.10. The van der Waals surface area contributed by atoms with Crippen LogP contribution in [0.1, 0.15) is 70.3 Å². The van der Waals surface area contributed by atoms with Gasteiger partial charge in [-0.2, -0.15) is 8.78 Å². The van der Waals surface area contributed by atoms with Crippen molar-refractivity contribution >= 4 is 26.7 Å². The third-order valence-corrected chi connectivity index (χ3v) is 9.40. The number of benzene rings is 2. The zero-order valence-corrected chi connectivity index (χ0v) is 24.1. The number of ether oxygens (including phenoxy) is 1. The first kappa shape index (κ1) is 30.8. The highest BCUT2D eigenvalue weighted by Crippen LogP contribution is 2.38. The van der Waals surface area contributed by atoms with E-state index >= 15 is 8.78 Å². The van der Waals surface area contributed by atoms with Crippen molar-refractivity contribution in [2.24, 2.45) is 5.41 Å². The standard InChI is InChI=1S/C28H32F4N2O6S/c1-16(26(2,3)37)33-22-13-18(24(35)15-27(4)8-10-41(38,39)11-9-27)20(30)14-23(22)34(25(33)36)21-12-17(6-7-19(21)29)40-28(5,31)32/h6-7,12-14,16,37H,8-11,15H2,1-5H3/t16-/m1/s1. The van der Waals surface area contributed by atoms with Crippen molar-refractivity contribution in [3.63, 3.8) is 0 Å². The van der Waals surface area contributed by atoms with E-state index in [2.05, 4.69) is 4.74 Å². The molecule has 1 aromatic heterocycles. The number of sulfone groups is 1. The van der Waals surface area contributed by atoms with Crippen LogP contribution in [0.25, 0.3) is 16.7 Å². The lowest BCUT2D eigenvalue weighted by Gasteiger charge is -2.32. The fraction of sp³-hybridized carbons (Fsp3) is 0.500. The van der Waals surface area contributed by atoms with E-state index in [-0.39, 0.29) is 47.4 Å². The summed E-state index contributed by atoms with van der Waals surface area (Å²) in [6.07, 6.45) is -3.29. The number of hydrogen-bond acceptors (Lipinski definition) is 6. The molecule has 2 heterocycles. The van der Waals surface area contributed by atoms with Gasteiger partial charge in [0.25, 0.3) is 0 Å². The fourth-order valence-corrected chi connectivity index (χ4v) is 6.81. The predicted molar refractivity (Wildman–Crippen MR) is 145 cm³/mol. The van der Waals surface area contributed by atoms with Crippen molar-refractivity contribution in [3.05, 3.63) is 58.0 Å². The molecule has 1 aliphatic heterocycles. The molecule has 0 amide bonds.